The van der Waals surface area contributed by atoms with Crippen LogP contribution in [0.2, 0.25) is 0 Å². The van der Waals surface area contributed by atoms with E-state index in [2.05, 4.69) is 5.32 Å². The highest BCUT2D eigenvalue weighted by molar-refractivity contribution is 5.94. The monoisotopic (exact) mass is 211 g/mol. The Morgan fingerprint density at radius 1 is 1.53 bits per heavy atom. The molecule has 1 heterocycles. The molecule has 4 heteroatoms. The molecule has 0 aromatic carbocycles. The lowest BCUT2D eigenvalue weighted by molar-refractivity contribution is -0.163. The van der Waals surface area contributed by atoms with Crippen LogP contribution in [-0.2, 0) is 14.3 Å². The largest absolute Gasteiger partial charge is 0.458 e. The second kappa shape index (κ2) is 2.97. The molecule has 1 N–H and O–H groups in total. The summed E-state index contributed by atoms with van der Waals surface area (Å²) in [6, 6.07) is 0. The van der Waals surface area contributed by atoms with Crippen molar-refractivity contribution in [3.8, 4) is 0 Å². The summed E-state index contributed by atoms with van der Waals surface area (Å²) < 4.78 is 5.34. The number of esters is 1. The molecule has 0 radical (unpaired) electrons. The fourth-order valence-corrected chi connectivity index (χ4v) is 2.33. The fraction of sp³-hybridized carbons (Fsp3) is 0.818. The van der Waals surface area contributed by atoms with E-state index in [0.717, 1.165) is 12.8 Å². The molecule has 1 saturated carbocycles. The molecule has 2 bridgehead atoms. The molecule has 1 amide bonds. The zero-order valence-corrected chi connectivity index (χ0v) is 9.42. The molecule has 1 saturated heterocycles. The van der Waals surface area contributed by atoms with Crippen LogP contribution in [0.25, 0.3) is 0 Å². The Balaban J connectivity index is 2.11. The third-order valence-electron chi connectivity index (χ3n) is 3.04. The van der Waals surface area contributed by atoms with Gasteiger partial charge in [0, 0.05) is 5.92 Å². The Morgan fingerprint density at radius 2 is 2.20 bits per heavy atom. The molecule has 2 rings (SSSR count). The van der Waals surface area contributed by atoms with E-state index in [1.54, 1.807) is 0 Å². The number of hydrogen-bond acceptors (Lipinski definition) is 3. The smallest absolute Gasteiger partial charge is 0.332 e. The number of piperidine rings is 1. The summed E-state index contributed by atoms with van der Waals surface area (Å²) in [5, 5.41) is 2.78. The maximum absolute atomic E-state index is 11.9. The van der Waals surface area contributed by atoms with Gasteiger partial charge in [-0.25, -0.2) is 4.79 Å². The second-order valence-corrected chi connectivity index (χ2v) is 5.51. The molecule has 0 spiro atoms. The van der Waals surface area contributed by atoms with Crippen molar-refractivity contribution in [3.63, 3.8) is 0 Å². The van der Waals surface area contributed by atoms with Crippen LogP contribution in [0.1, 0.15) is 40.0 Å². The summed E-state index contributed by atoms with van der Waals surface area (Å²) in [7, 11) is 0. The van der Waals surface area contributed by atoms with Gasteiger partial charge in [0.25, 0.3) is 0 Å². The average molecular weight is 211 g/mol. The first-order valence-corrected chi connectivity index (χ1v) is 5.38. The van der Waals surface area contributed by atoms with Crippen molar-refractivity contribution in [1.82, 2.24) is 5.32 Å². The third-order valence-corrected chi connectivity index (χ3v) is 3.04. The summed E-state index contributed by atoms with van der Waals surface area (Å²) in [5.74, 6) is -0.243. The van der Waals surface area contributed by atoms with Gasteiger partial charge in [-0.2, -0.15) is 0 Å². The molecule has 84 valence electrons. The SMILES string of the molecule is CC(C)(C)OC(=O)C12CCC(C1)C(=O)N2. The van der Waals surface area contributed by atoms with E-state index in [1.807, 2.05) is 20.8 Å². The Kier molecular flexibility index (Phi) is 2.07. The van der Waals surface area contributed by atoms with Gasteiger partial charge in [-0.05, 0) is 40.0 Å². The molecule has 2 atom stereocenters. The van der Waals surface area contributed by atoms with Crippen molar-refractivity contribution in [2.24, 2.45) is 5.92 Å². The molecule has 1 aliphatic carbocycles. The summed E-state index contributed by atoms with van der Waals surface area (Å²) in [6.45, 7) is 5.51. The number of rotatable bonds is 1. The predicted octanol–water partition coefficient (Wildman–Crippen LogP) is 0.997. The second-order valence-electron chi connectivity index (χ2n) is 5.51. The molecule has 0 aromatic rings. The third kappa shape index (κ3) is 1.73. The predicted molar refractivity (Wildman–Crippen MR) is 54.1 cm³/mol. The minimum absolute atomic E-state index is 0.00658. The number of carbonyl (C=O) groups is 2. The van der Waals surface area contributed by atoms with Crippen LogP contribution >= 0.6 is 0 Å². The van der Waals surface area contributed by atoms with Gasteiger partial charge in [0.1, 0.15) is 11.1 Å². The van der Waals surface area contributed by atoms with E-state index in [4.69, 9.17) is 4.74 Å². The first-order valence-electron chi connectivity index (χ1n) is 5.38. The van der Waals surface area contributed by atoms with Crippen molar-refractivity contribution in [2.45, 2.75) is 51.2 Å². The lowest BCUT2D eigenvalue weighted by atomic mass is 9.99. The highest BCUT2D eigenvalue weighted by atomic mass is 16.6. The van der Waals surface area contributed by atoms with Gasteiger partial charge in [0.05, 0.1) is 0 Å². The highest BCUT2D eigenvalue weighted by Gasteiger charge is 2.56. The number of carbonyl (C=O) groups excluding carboxylic acids is 2. The van der Waals surface area contributed by atoms with Crippen molar-refractivity contribution in [1.29, 1.82) is 0 Å². The van der Waals surface area contributed by atoms with E-state index in [-0.39, 0.29) is 17.8 Å². The topological polar surface area (TPSA) is 55.4 Å². The molecule has 15 heavy (non-hydrogen) atoms. The Labute approximate surface area is 89.4 Å². The first-order chi connectivity index (χ1) is 6.82. The number of fused-ring (bicyclic) bond motifs is 2. The van der Waals surface area contributed by atoms with E-state index < -0.39 is 11.1 Å². The normalized spacial score (nSPS) is 34.1. The zero-order chi connectivity index (χ0) is 11.3. The van der Waals surface area contributed by atoms with Gasteiger partial charge < -0.3 is 10.1 Å². The molecule has 4 nitrogen and oxygen atoms in total. The minimum atomic E-state index is -0.713. The van der Waals surface area contributed by atoms with Crippen LogP contribution in [0.3, 0.4) is 0 Å². The van der Waals surface area contributed by atoms with E-state index in [9.17, 15) is 9.59 Å². The summed E-state index contributed by atoms with van der Waals surface area (Å²) in [6.07, 6.45) is 2.14. The van der Waals surface area contributed by atoms with E-state index >= 15 is 0 Å². The first kappa shape index (κ1) is 10.5. The Morgan fingerprint density at radius 3 is 2.60 bits per heavy atom. The summed E-state index contributed by atoms with van der Waals surface area (Å²) in [4.78, 5) is 23.3. The molecular weight excluding hydrogens is 194 g/mol. The van der Waals surface area contributed by atoms with Crippen LogP contribution in [-0.4, -0.2) is 23.0 Å². The molecular formula is C11H17NO3. The van der Waals surface area contributed by atoms with Crippen LogP contribution < -0.4 is 5.32 Å². The molecule has 2 aliphatic rings. The van der Waals surface area contributed by atoms with Crippen molar-refractivity contribution in [2.75, 3.05) is 0 Å². The lowest BCUT2D eigenvalue weighted by Gasteiger charge is -2.29. The number of ether oxygens (including phenoxy) is 1. The fourth-order valence-electron chi connectivity index (χ4n) is 2.33. The van der Waals surface area contributed by atoms with Crippen LogP contribution in [0.4, 0.5) is 0 Å². The van der Waals surface area contributed by atoms with Crippen molar-refractivity contribution >= 4 is 11.9 Å². The number of amides is 1. The lowest BCUT2D eigenvalue weighted by Crippen LogP contribution is -2.52. The quantitative estimate of drug-likeness (QED) is 0.658. The van der Waals surface area contributed by atoms with Gasteiger partial charge in [0.2, 0.25) is 5.91 Å². The van der Waals surface area contributed by atoms with Crippen LogP contribution in [0.15, 0.2) is 0 Å². The van der Waals surface area contributed by atoms with Gasteiger partial charge in [-0.1, -0.05) is 0 Å². The van der Waals surface area contributed by atoms with Crippen molar-refractivity contribution < 1.29 is 14.3 Å². The van der Waals surface area contributed by atoms with E-state index in [0.29, 0.717) is 6.42 Å². The average Bonchev–Trinajstić information content (AvgIpc) is 2.58. The van der Waals surface area contributed by atoms with Crippen LogP contribution in [0, 0.1) is 5.92 Å². The summed E-state index contributed by atoms with van der Waals surface area (Å²) in [5.41, 5.74) is -1.20. The van der Waals surface area contributed by atoms with Gasteiger partial charge in [0.15, 0.2) is 0 Å². The maximum Gasteiger partial charge on any atom is 0.332 e. The number of nitrogens with one attached hydrogen (secondary N) is 1. The highest BCUT2D eigenvalue weighted by Crippen LogP contribution is 2.41. The molecule has 2 unspecified atom stereocenters. The van der Waals surface area contributed by atoms with Gasteiger partial charge in [-0.3, -0.25) is 4.79 Å². The Bertz CT molecular complexity index is 318. The van der Waals surface area contributed by atoms with Crippen molar-refractivity contribution in [3.05, 3.63) is 0 Å². The molecule has 0 aromatic heterocycles. The maximum atomic E-state index is 11.9. The zero-order valence-electron chi connectivity index (χ0n) is 9.42. The standard InChI is InChI=1S/C11H17NO3/c1-10(2,3)15-9(14)11-5-4-7(6-11)8(13)12-11/h7H,4-6H2,1-3H3,(H,12,13). The molecule has 1 aliphatic heterocycles. The van der Waals surface area contributed by atoms with Gasteiger partial charge in [-0.15, -0.1) is 0 Å². The Hall–Kier alpha value is -1.06. The number of hydrogen-bond donors (Lipinski definition) is 1. The van der Waals surface area contributed by atoms with Gasteiger partial charge >= 0.3 is 5.97 Å². The molecule has 2 fully saturated rings. The van der Waals surface area contributed by atoms with E-state index in [1.165, 1.54) is 0 Å². The summed E-state index contributed by atoms with van der Waals surface area (Å²) >= 11 is 0. The van der Waals surface area contributed by atoms with Crippen LogP contribution in [0.5, 0.6) is 0 Å². The minimum Gasteiger partial charge on any atom is -0.458 e.